The molecular weight excluding hydrogens is 310 g/mol. The van der Waals surface area contributed by atoms with E-state index in [9.17, 15) is 9.90 Å². The van der Waals surface area contributed by atoms with Crippen molar-refractivity contribution in [2.45, 2.75) is 13.8 Å². The van der Waals surface area contributed by atoms with Crippen molar-refractivity contribution < 1.29 is 9.90 Å². The van der Waals surface area contributed by atoms with Gasteiger partial charge in [-0.25, -0.2) is 4.79 Å². The fourth-order valence-electron chi connectivity index (χ4n) is 3.56. The topological polar surface area (TPSA) is 49.3 Å². The van der Waals surface area contributed by atoms with Crippen molar-refractivity contribution in [2.24, 2.45) is 0 Å². The van der Waals surface area contributed by atoms with Gasteiger partial charge in [0, 0.05) is 12.6 Å². The second kappa shape index (κ2) is 6.81. The maximum Gasteiger partial charge on any atom is 0.338 e. The van der Waals surface area contributed by atoms with Crippen LogP contribution < -0.4 is 5.32 Å². The molecule has 0 aliphatic heterocycles. The minimum absolute atomic E-state index is 0.323. The first-order valence-corrected chi connectivity index (χ1v) is 8.25. The Kier molecular flexibility index (Phi) is 4.57. The Bertz CT molecular complexity index is 916. The lowest BCUT2D eigenvalue weighted by atomic mass is 9.84. The van der Waals surface area contributed by atoms with E-state index in [2.05, 4.69) is 17.4 Å². The Morgan fingerprint density at radius 1 is 0.800 bits per heavy atom. The van der Waals surface area contributed by atoms with E-state index in [1.807, 2.05) is 62.4 Å². The van der Waals surface area contributed by atoms with Crippen molar-refractivity contribution >= 4 is 11.7 Å². The molecule has 3 heteroatoms. The number of hydrogen-bond acceptors (Lipinski definition) is 2. The number of anilines is 1. The lowest BCUT2D eigenvalue weighted by Crippen LogP contribution is -2.10. The van der Waals surface area contributed by atoms with E-state index >= 15 is 0 Å². The summed E-state index contributed by atoms with van der Waals surface area (Å²) in [6.45, 7) is 3.98. The van der Waals surface area contributed by atoms with Crippen molar-refractivity contribution in [3.63, 3.8) is 0 Å². The van der Waals surface area contributed by atoms with Gasteiger partial charge in [-0.2, -0.15) is 0 Å². The first-order valence-electron chi connectivity index (χ1n) is 8.25. The Morgan fingerprint density at radius 2 is 1.28 bits per heavy atom. The van der Waals surface area contributed by atoms with Crippen LogP contribution in [-0.4, -0.2) is 18.1 Å². The average Bonchev–Trinajstić information content (AvgIpc) is 2.63. The van der Waals surface area contributed by atoms with Crippen molar-refractivity contribution in [3.05, 3.63) is 77.4 Å². The van der Waals surface area contributed by atoms with Gasteiger partial charge in [0.2, 0.25) is 0 Å². The first-order chi connectivity index (χ1) is 12.1. The van der Waals surface area contributed by atoms with Gasteiger partial charge in [-0.05, 0) is 41.7 Å². The second-order valence-electron chi connectivity index (χ2n) is 6.04. The van der Waals surface area contributed by atoms with Crippen LogP contribution in [0.25, 0.3) is 22.3 Å². The van der Waals surface area contributed by atoms with Gasteiger partial charge in [0.25, 0.3) is 0 Å². The monoisotopic (exact) mass is 331 g/mol. The van der Waals surface area contributed by atoms with Gasteiger partial charge < -0.3 is 10.4 Å². The van der Waals surface area contributed by atoms with Crippen LogP contribution in [0.15, 0.2) is 60.7 Å². The van der Waals surface area contributed by atoms with E-state index in [1.54, 1.807) is 7.05 Å². The zero-order valence-corrected chi connectivity index (χ0v) is 14.6. The fraction of sp³-hybridized carbons (Fsp3) is 0.136. The third kappa shape index (κ3) is 2.89. The standard InChI is InChI=1S/C22H21NO2/c1-14-18(16-10-6-4-7-11-16)15(2)21(23-3)20(22(24)25)19(14)17-12-8-5-9-13-17/h4-13,23H,1-3H3,(H,24,25). The molecule has 0 aliphatic carbocycles. The Labute approximate surface area is 148 Å². The molecule has 3 aromatic rings. The molecule has 0 saturated heterocycles. The fourth-order valence-corrected chi connectivity index (χ4v) is 3.56. The molecule has 126 valence electrons. The zero-order chi connectivity index (χ0) is 18.0. The molecule has 0 heterocycles. The van der Waals surface area contributed by atoms with E-state index < -0.39 is 5.97 Å². The molecule has 3 rings (SSSR count). The summed E-state index contributed by atoms with van der Waals surface area (Å²) in [6.07, 6.45) is 0. The van der Waals surface area contributed by atoms with Gasteiger partial charge in [0.1, 0.15) is 0 Å². The van der Waals surface area contributed by atoms with E-state index in [0.717, 1.165) is 33.4 Å². The van der Waals surface area contributed by atoms with Crippen LogP contribution in [0.5, 0.6) is 0 Å². The number of rotatable bonds is 4. The summed E-state index contributed by atoms with van der Waals surface area (Å²) in [7, 11) is 1.77. The van der Waals surface area contributed by atoms with Crippen LogP contribution in [-0.2, 0) is 0 Å². The molecule has 0 fully saturated rings. The van der Waals surface area contributed by atoms with E-state index in [0.29, 0.717) is 11.3 Å². The predicted octanol–water partition coefficient (Wildman–Crippen LogP) is 5.38. The number of carboxylic acids is 1. The van der Waals surface area contributed by atoms with Crippen molar-refractivity contribution in [2.75, 3.05) is 12.4 Å². The van der Waals surface area contributed by atoms with Crippen LogP contribution in [0.2, 0.25) is 0 Å². The van der Waals surface area contributed by atoms with Gasteiger partial charge in [-0.3, -0.25) is 0 Å². The lowest BCUT2D eigenvalue weighted by Gasteiger charge is -2.22. The Balaban J connectivity index is 2.46. The van der Waals surface area contributed by atoms with Crippen LogP contribution in [0, 0.1) is 13.8 Å². The van der Waals surface area contributed by atoms with Crippen molar-refractivity contribution in [3.8, 4) is 22.3 Å². The number of carboxylic acid groups (broad SMARTS) is 1. The van der Waals surface area contributed by atoms with E-state index in [4.69, 9.17) is 0 Å². The molecule has 0 atom stereocenters. The van der Waals surface area contributed by atoms with E-state index in [1.165, 1.54) is 0 Å². The summed E-state index contributed by atoms with van der Waals surface area (Å²) in [4.78, 5) is 12.1. The Morgan fingerprint density at radius 3 is 1.72 bits per heavy atom. The summed E-state index contributed by atoms with van der Waals surface area (Å²) in [6, 6.07) is 19.8. The normalized spacial score (nSPS) is 10.5. The summed E-state index contributed by atoms with van der Waals surface area (Å²) in [5.74, 6) is -0.922. The van der Waals surface area contributed by atoms with Crippen LogP contribution >= 0.6 is 0 Å². The number of hydrogen-bond donors (Lipinski definition) is 2. The molecule has 0 saturated carbocycles. The molecule has 0 amide bonds. The summed E-state index contributed by atoms with van der Waals surface area (Å²) >= 11 is 0. The summed E-state index contributed by atoms with van der Waals surface area (Å²) < 4.78 is 0. The average molecular weight is 331 g/mol. The van der Waals surface area contributed by atoms with Crippen molar-refractivity contribution in [1.82, 2.24) is 0 Å². The van der Waals surface area contributed by atoms with Gasteiger partial charge in [-0.15, -0.1) is 0 Å². The smallest absolute Gasteiger partial charge is 0.338 e. The number of carbonyl (C=O) groups is 1. The molecule has 0 aromatic heterocycles. The largest absolute Gasteiger partial charge is 0.478 e. The van der Waals surface area contributed by atoms with Gasteiger partial charge in [-0.1, -0.05) is 60.7 Å². The summed E-state index contributed by atoms with van der Waals surface area (Å²) in [5, 5.41) is 13.0. The zero-order valence-electron chi connectivity index (χ0n) is 14.6. The number of benzene rings is 3. The molecule has 25 heavy (non-hydrogen) atoms. The Hall–Kier alpha value is -3.07. The third-order valence-corrected chi connectivity index (χ3v) is 4.59. The number of aromatic carboxylic acids is 1. The third-order valence-electron chi connectivity index (χ3n) is 4.59. The highest BCUT2D eigenvalue weighted by Crippen LogP contribution is 2.42. The molecule has 3 nitrogen and oxygen atoms in total. The maximum absolute atomic E-state index is 12.1. The minimum atomic E-state index is -0.922. The molecule has 0 aliphatic rings. The van der Waals surface area contributed by atoms with Gasteiger partial charge >= 0.3 is 5.97 Å². The van der Waals surface area contributed by atoms with Crippen molar-refractivity contribution in [1.29, 1.82) is 0 Å². The molecule has 2 N–H and O–H groups in total. The van der Waals surface area contributed by atoms with Gasteiger partial charge in [0.05, 0.1) is 11.3 Å². The van der Waals surface area contributed by atoms with Crippen LogP contribution in [0.4, 0.5) is 5.69 Å². The number of nitrogens with one attached hydrogen (secondary N) is 1. The van der Waals surface area contributed by atoms with Gasteiger partial charge in [0.15, 0.2) is 0 Å². The molecule has 0 radical (unpaired) electrons. The molecule has 0 bridgehead atoms. The van der Waals surface area contributed by atoms with Crippen LogP contribution in [0.1, 0.15) is 21.5 Å². The SMILES string of the molecule is CNc1c(C)c(-c2ccccc2)c(C)c(-c2ccccc2)c1C(=O)O. The molecule has 0 unspecified atom stereocenters. The molecule has 0 spiro atoms. The lowest BCUT2D eigenvalue weighted by molar-refractivity contribution is 0.0698. The van der Waals surface area contributed by atoms with E-state index in [-0.39, 0.29) is 0 Å². The summed E-state index contributed by atoms with van der Waals surface area (Å²) in [5.41, 5.74) is 6.75. The maximum atomic E-state index is 12.1. The highest BCUT2D eigenvalue weighted by Gasteiger charge is 2.24. The quantitative estimate of drug-likeness (QED) is 0.675. The highest BCUT2D eigenvalue weighted by atomic mass is 16.4. The molecular formula is C22H21NO2. The minimum Gasteiger partial charge on any atom is -0.478 e. The predicted molar refractivity (Wildman–Crippen MR) is 103 cm³/mol. The highest BCUT2D eigenvalue weighted by molar-refractivity contribution is 6.06. The molecule has 3 aromatic carbocycles. The first kappa shape index (κ1) is 16.8. The second-order valence-corrected chi connectivity index (χ2v) is 6.04. The van der Waals surface area contributed by atoms with Crippen LogP contribution in [0.3, 0.4) is 0 Å².